The maximum absolute atomic E-state index is 11.5. The molecule has 0 spiro atoms. The number of sulfonamides is 2. The van der Waals surface area contributed by atoms with Gasteiger partial charge < -0.3 is 0 Å². The van der Waals surface area contributed by atoms with Gasteiger partial charge in [-0.1, -0.05) is 50.6 Å². The molecule has 0 saturated heterocycles. The lowest BCUT2D eigenvalue weighted by atomic mass is 10.3. The Bertz CT molecular complexity index is 702. The average molecular weight is 520 g/mol. The minimum atomic E-state index is -6.60. The molecular formula is C17H28F6NO4PS2. The summed E-state index contributed by atoms with van der Waals surface area (Å²) in [7, 11) is -12.8. The average Bonchev–Trinajstić information content (AvgIpc) is 3.38. The third-order valence-electron chi connectivity index (χ3n) is 6.07. The summed E-state index contributed by atoms with van der Waals surface area (Å²) in [4.78, 5) is 0. The van der Waals surface area contributed by atoms with E-state index in [1.54, 1.807) is 77.0 Å². The second kappa shape index (κ2) is 10.4. The van der Waals surface area contributed by atoms with Crippen LogP contribution >= 0.6 is 7.92 Å². The molecule has 5 nitrogen and oxygen atoms in total. The first-order valence-corrected chi connectivity index (χ1v) is 14.9. The van der Waals surface area contributed by atoms with E-state index < -0.39 is 35.2 Å². The Kier molecular flexibility index (Phi) is 9.12. The summed E-state index contributed by atoms with van der Waals surface area (Å²) in [5.41, 5.74) is -8.67. The molecule has 3 fully saturated rings. The lowest BCUT2D eigenvalue weighted by Crippen LogP contribution is -2.45. The minimum absolute atomic E-state index is 0.436. The molecule has 0 aromatic heterocycles. The highest BCUT2D eigenvalue weighted by Crippen LogP contribution is 2.63. The summed E-state index contributed by atoms with van der Waals surface area (Å²) in [6, 6.07) is 0. The van der Waals surface area contributed by atoms with Gasteiger partial charge in [-0.2, -0.15) is 26.3 Å². The van der Waals surface area contributed by atoms with Crippen molar-refractivity contribution in [3.8, 4) is 0 Å². The molecule has 14 heteroatoms. The summed E-state index contributed by atoms with van der Waals surface area (Å²) >= 11 is 0. The molecule has 0 bridgehead atoms. The van der Waals surface area contributed by atoms with Crippen molar-refractivity contribution in [1.29, 1.82) is 0 Å². The number of nitrogens with one attached hydrogen (secondary N) is 1. The summed E-state index contributed by atoms with van der Waals surface area (Å²) < 4.78 is 108. The lowest BCUT2D eigenvalue weighted by Gasteiger charge is -2.35. The first-order chi connectivity index (χ1) is 14.2. The van der Waals surface area contributed by atoms with E-state index in [4.69, 9.17) is 0 Å². The highest BCUT2D eigenvalue weighted by atomic mass is 32.3. The smallest absolute Gasteiger partial charge is 0.202 e. The van der Waals surface area contributed by atoms with Gasteiger partial charge in [0.2, 0.25) is 0 Å². The maximum atomic E-state index is 11.5. The fourth-order valence-electron chi connectivity index (χ4n) is 4.74. The SMILES string of the molecule is C1CCC(P(C2CCCC2)C2CCCC2)C1.O=S(=O)(NS(=O)(=O)C(F)(F)F)C(F)(F)F. The van der Waals surface area contributed by atoms with Crippen LogP contribution in [0.25, 0.3) is 0 Å². The third kappa shape index (κ3) is 7.17. The van der Waals surface area contributed by atoms with Crippen LogP contribution in [-0.2, 0) is 20.0 Å². The van der Waals surface area contributed by atoms with Crippen molar-refractivity contribution in [3.05, 3.63) is 0 Å². The number of hydrogen-bond acceptors (Lipinski definition) is 4. The van der Waals surface area contributed by atoms with E-state index in [1.165, 1.54) is 17.0 Å². The van der Waals surface area contributed by atoms with Crippen LogP contribution in [0.15, 0.2) is 0 Å². The topological polar surface area (TPSA) is 80.3 Å². The van der Waals surface area contributed by atoms with Gasteiger partial charge in [-0.05, 0) is 55.5 Å². The summed E-state index contributed by atoms with van der Waals surface area (Å²) in [5.74, 6) is 0. The maximum Gasteiger partial charge on any atom is 0.512 e. The summed E-state index contributed by atoms with van der Waals surface area (Å²) in [5, 5.41) is 0. The van der Waals surface area contributed by atoms with Crippen molar-refractivity contribution in [3.63, 3.8) is 0 Å². The van der Waals surface area contributed by atoms with E-state index in [-0.39, 0.29) is 0 Å². The van der Waals surface area contributed by atoms with Crippen molar-refractivity contribution >= 4 is 28.0 Å². The van der Waals surface area contributed by atoms with Crippen LogP contribution in [0.2, 0.25) is 0 Å². The number of rotatable bonds is 5. The van der Waals surface area contributed by atoms with Gasteiger partial charge in [-0.25, -0.2) is 16.8 Å². The predicted molar refractivity (Wildman–Crippen MR) is 107 cm³/mol. The normalized spacial score (nSPS) is 22.8. The highest BCUT2D eigenvalue weighted by Gasteiger charge is 2.55. The Morgan fingerprint density at radius 3 is 0.968 bits per heavy atom. The van der Waals surface area contributed by atoms with Gasteiger partial charge >= 0.3 is 31.1 Å². The van der Waals surface area contributed by atoms with Crippen molar-refractivity contribution in [2.45, 2.75) is 105 Å². The zero-order valence-electron chi connectivity index (χ0n) is 16.9. The van der Waals surface area contributed by atoms with Crippen molar-refractivity contribution in [1.82, 2.24) is 4.13 Å². The van der Waals surface area contributed by atoms with Crippen LogP contribution in [0.1, 0.15) is 77.0 Å². The van der Waals surface area contributed by atoms with E-state index in [1.807, 2.05) is 0 Å². The first-order valence-electron chi connectivity index (χ1n) is 10.3. The van der Waals surface area contributed by atoms with Crippen LogP contribution in [-0.4, -0.2) is 44.8 Å². The number of alkyl halides is 6. The molecule has 0 amide bonds. The second-order valence-corrected chi connectivity index (χ2v) is 14.9. The molecule has 0 radical (unpaired) electrons. The Balaban J connectivity index is 0.000000221. The predicted octanol–water partition coefficient (Wildman–Crippen LogP) is 5.57. The van der Waals surface area contributed by atoms with Gasteiger partial charge in [0.1, 0.15) is 0 Å². The van der Waals surface area contributed by atoms with Gasteiger partial charge in [-0.3, -0.25) is 0 Å². The summed E-state index contributed by atoms with van der Waals surface area (Å²) in [6.07, 6.45) is 19.0. The van der Waals surface area contributed by atoms with E-state index in [0.29, 0.717) is 7.92 Å². The molecule has 3 rings (SSSR count). The fraction of sp³-hybridized carbons (Fsp3) is 1.00. The Hall–Kier alpha value is -0.130. The molecule has 31 heavy (non-hydrogen) atoms. The molecule has 3 aliphatic rings. The molecule has 0 heterocycles. The van der Waals surface area contributed by atoms with Crippen molar-refractivity contribution in [2.24, 2.45) is 0 Å². The standard InChI is InChI=1S/C15H27P.C2HF6NO4S2/c1-2-8-13(7-1)16(14-9-3-4-10-14)15-11-5-6-12-15;3-1(4,5)14(10,11)9-15(12,13)2(6,7)8/h13-15H,1-12H2;9H. The minimum Gasteiger partial charge on any atom is -0.202 e. The monoisotopic (exact) mass is 519 g/mol. The molecule has 3 saturated carbocycles. The molecule has 0 aromatic carbocycles. The second-order valence-electron chi connectivity index (χ2n) is 8.24. The van der Waals surface area contributed by atoms with Gasteiger partial charge in [0.05, 0.1) is 0 Å². The molecular weight excluding hydrogens is 491 g/mol. The van der Waals surface area contributed by atoms with Gasteiger partial charge in [0, 0.05) is 0 Å². The Morgan fingerprint density at radius 2 is 0.774 bits per heavy atom. The van der Waals surface area contributed by atoms with E-state index in [0.717, 1.165) is 0 Å². The Morgan fingerprint density at radius 1 is 0.548 bits per heavy atom. The highest BCUT2D eigenvalue weighted by molar-refractivity contribution is 8.05. The van der Waals surface area contributed by atoms with Crippen molar-refractivity contribution < 1.29 is 43.2 Å². The van der Waals surface area contributed by atoms with Crippen LogP contribution in [0.4, 0.5) is 26.3 Å². The van der Waals surface area contributed by atoms with Crippen LogP contribution in [0, 0.1) is 0 Å². The number of halogens is 6. The van der Waals surface area contributed by atoms with Crippen LogP contribution < -0.4 is 4.13 Å². The molecule has 3 aliphatic carbocycles. The zero-order valence-corrected chi connectivity index (χ0v) is 19.4. The van der Waals surface area contributed by atoms with Gasteiger partial charge in [0.15, 0.2) is 0 Å². The fourth-order valence-corrected chi connectivity index (χ4v) is 11.3. The zero-order chi connectivity index (χ0) is 23.5. The molecule has 184 valence electrons. The van der Waals surface area contributed by atoms with Crippen LogP contribution in [0.5, 0.6) is 0 Å². The van der Waals surface area contributed by atoms with Gasteiger partial charge in [-0.15, -0.1) is 0 Å². The van der Waals surface area contributed by atoms with Gasteiger partial charge in [0.25, 0.3) is 0 Å². The largest absolute Gasteiger partial charge is 0.512 e. The van der Waals surface area contributed by atoms with E-state index >= 15 is 0 Å². The molecule has 1 N–H and O–H groups in total. The van der Waals surface area contributed by atoms with E-state index in [2.05, 4.69) is 0 Å². The number of hydrogen-bond donors (Lipinski definition) is 1. The van der Waals surface area contributed by atoms with Crippen LogP contribution in [0.3, 0.4) is 0 Å². The summed E-state index contributed by atoms with van der Waals surface area (Å²) in [6.45, 7) is 0. The Labute approximate surface area is 180 Å². The van der Waals surface area contributed by atoms with E-state index in [9.17, 15) is 43.2 Å². The molecule has 0 aromatic rings. The molecule has 0 unspecified atom stereocenters. The van der Waals surface area contributed by atoms with Crippen molar-refractivity contribution in [2.75, 3.05) is 0 Å². The molecule has 0 aliphatic heterocycles. The lowest BCUT2D eigenvalue weighted by molar-refractivity contribution is -0.0476. The quantitative estimate of drug-likeness (QED) is 0.380. The first kappa shape index (κ1) is 27.1. The molecule has 0 atom stereocenters. The third-order valence-corrected chi connectivity index (χ3v) is 13.1.